The molecular weight excluding hydrogens is 334 g/mol. The van der Waals surface area contributed by atoms with Gasteiger partial charge in [-0.3, -0.25) is 4.79 Å². The van der Waals surface area contributed by atoms with Crippen molar-refractivity contribution in [3.05, 3.63) is 51.9 Å². The summed E-state index contributed by atoms with van der Waals surface area (Å²) in [6.07, 6.45) is -0.190. The predicted octanol–water partition coefficient (Wildman–Crippen LogP) is 2.51. The highest BCUT2D eigenvalue weighted by Gasteiger charge is 2.17. The van der Waals surface area contributed by atoms with Gasteiger partial charge in [0, 0.05) is 16.4 Å². The summed E-state index contributed by atoms with van der Waals surface area (Å²) in [4.78, 5) is 11.1. The number of nitrogens with one attached hydrogen (secondary N) is 1. The monoisotopic (exact) mass is 345 g/mol. The molecule has 5 nitrogen and oxygen atoms in total. The average Bonchev–Trinajstić information content (AvgIpc) is 2.86. The summed E-state index contributed by atoms with van der Waals surface area (Å²) in [7, 11) is -3.67. The number of carboxylic acid groups (broad SMARTS) is 1. The summed E-state index contributed by atoms with van der Waals surface area (Å²) in [5, 5.41) is 9.17. The van der Waals surface area contributed by atoms with E-state index in [2.05, 4.69) is 4.72 Å². The fourth-order valence-corrected chi connectivity index (χ4v) is 4.23. The molecule has 0 bridgehead atoms. The lowest BCUT2D eigenvalue weighted by molar-refractivity contribution is -0.136. The number of benzene rings is 1. The fraction of sp³-hybridized carbons (Fsp3) is 0.154. The second-order valence-electron chi connectivity index (χ2n) is 4.21. The minimum absolute atomic E-state index is 0.0776. The minimum Gasteiger partial charge on any atom is -0.481 e. The second-order valence-corrected chi connectivity index (χ2v) is 7.78. The standard InChI is InChI=1S/C13H12ClNO4S2/c14-11-4-2-1-3-9(11)8-15-21(18,19)13-6-5-10(20-13)7-12(16)17/h1-6,15H,7-8H2,(H,16,17). The third-order valence-corrected chi connectivity index (χ3v) is 5.98. The van der Waals surface area contributed by atoms with Crippen LogP contribution in [-0.4, -0.2) is 19.5 Å². The van der Waals surface area contributed by atoms with Crippen LogP contribution in [-0.2, 0) is 27.8 Å². The molecule has 0 saturated carbocycles. The molecule has 8 heteroatoms. The van der Waals surface area contributed by atoms with Gasteiger partial charge >= 0.3 is 5.97 Å². The van der Waals surface area contributed by atoms with Gasteiger partial charge in [-0.05, 0) is 23.8 Å². The molecule has 2 N–H and O–H groups in total. The molecule has 0 aliphatic heterocycles. The Balaban J connectivity index is 2.10. The van der Waals surface area contributed by atoms with Gasteiger partial charge in [0.1, 0.15) is 4.21 Å². The van der Waals surface area contributed by atoms with E-state index < -0.39 is 16.0 Å². The van der Waals surface area contributed by atoms with Crippen molar-refractivity contribution in [2.24, 2.45) is 0 Å². The van der Waals surface area contributed by atoms with Crippen molar-refractivity contribution in [3.63, 3.8) is 0 Å². The zero-order valence-electron chi connectivity index (χ0n) is 10.7. The SMILES string of the molecule is O=C(O)Cc1ccc(S(=O)(=O)NCc2ccccc2Cl)s1. The van der Waals surface area contributed by atoms with Crippen LogP contribution in [0.25, 0.3) is 0 Å². The molecule has 0 aliphatic rings. The van der Waals surface area contributed by atoms with Gasteiger partial charge in [0.25, 0.3) is 0 Å². The fourth-order valence-electron chi connectivity index (χ4n) is 1.63. The van der Waals surface area contributed by atoms with Gasteiger partial charge in [-0.1, -0.05) is 29.8 Å². The predicted molar refractivity (Wildman–Crippen MR) is 81.1 cm³/mol. The lowest BCUT2D eigenvalue weighted by Gasteiger charge is -2.06. The zero-order valence-corrected chi connectivity index (χ0v) is 13.1. The lowest BCUT2D eigenvalue weighted by Crippen LogP contribution is -2.22. The van der Waals surface area contributed by atoms with Gasteiger partial charge < -0.3 is 5.11 Å². The molecule has 0 saturated heterocycles. The number of aliphatic carboxylic acids is 1. The number of hydrogen-bond donors (Lipinski definition) is 2. The van der Waals surface area contributed by atoms with E-state index in [0.29, 0.717) is 15.5 Å². The van der Waals surface area contributed by atoms with Crippen LogP contribution in [0, 0.1) is 0 Å². The molecule has 0 unspecified atom stereocenters. The highest BCUT2D eigenvalue weighted by Crippen LogP contribution is 2.23. The maximum absolute atomic E-state index is 12.1. The molecule has 2 rings (SSSR count). The number of sulfonamides is 1. The van der Waals surface area contributed by atoms with Gasteiger partial charge in [0.15, 0.2) is 0 Å². The van der Waals surface area contributed by atoms with Crippen molar-refractivity contribution in [1.82, 2.24) is 4.72 Å². The van der Waals surface area contributed by atoms with E-state index >= 15 is 0 Å². The van der Waals surface area contributed by atoms with Gasteiger partial charge in [-0.25, -0.2) is 13.1 Å². The summed E-state index contributed by atoms with van der Waals surface area (Å²) < 4.78 is 26.8. The van der Waals surface area contributed by atoms with E-state index in [-0.39, 0.29) is 17.2 Å². The molecule has 0 aliphatic carbocycles. The second kappa shape index (κ2) is 6.57. The van der Waals surface area contributed by atoms with Crippen molar-refractivity contribution >= 4 is 38.9 Å². The molecule has 112 valence electrons. The van der Waals surface area contributed by atoms with Crippen molar-refractivity contribution in [2.75, 3.05) is 0 Å². The molecule has 0 spiro atoms. The first-order valence-electron chi connectivity index (χ1n) is 5.92. The molecule has 21 heavy (non-hydrogen) atoms. The lowest BCUT2D eigenvalue weighted by atomic mass is 10.2. The van der Waals surface area contributed by atoms with Crippen LogP contribution in [0.2, 0.25) is 5.02 Å². The van der Waals surface area contributed by atoms with Gasteiger partial charge in [-0.2, -0.15) is 0 Å². The van der Waals surface area contributed by atoms with Crippen LogP contribution in [0.3, 0.4) is 0 Å². The van der Waals surface area contributed by atoms with Crippen LogP contribution in [0.4, 0.5) is 0 Å². The number of halogens is 1. The highest BCUT2D eigenvalue weighted by molar-refractivity contribution is 7.91. The van der Waals surface area contributed by atoms with Crippen molar-refractivity contribution in [3.8, 4) is 0 Å². The minimum atomic E-state index is -3.67. The molecule has 1 aromatic carbocycles. The van der Waals surface area contributed by atoms with Crippen LogP contribution >= 0.6 is 22.9 Å². The summed E-state index contributed by atoms with van der Waals surface area (Å²) in [6, 6.07) is 9.85. The third kappa shape index (κ3) is 4.28. The maximum atomic E-state index is 12.1. The van der Waals surface area contributed by atoms with E-state index in [4.69, 9.17) is 16.7 Å². The van der Waals surface area contributed by atoms with Gasteiger partial charge in [0.2, 0.25) is 10.0 Å². The Labute approximate surface area is 131 Å². The quantitative estimate of drug-likeness (QED) is 0.842. The smallest absolute Gasteiger partial charge is 0.308 e. The third-order valence-electron chi connectivity index (χ3n) is 2.64. The Hall–Kier alpha value is -1.41. The van der Waals surface area contributed by atoms with Crippen molar-refractivity contribution in [2.45, 2.75) is 17.2 Å². The number of rotatable bonds is 6. The average molecular weight is 346 g/mol. The molecule has 0 fully saturated rings. The van der Waals surface area contributed by atoms with Crippen LogP contribution in [0.5, 0.6) is 0 Å². The van der Waals surface area contributed by atoms with Crippen LogP contribution in [0.1, 0.15) is 10.4 Å². The molecular formula is C13H12ClNO4S2. The molecule has 1 heterocycles. The highest BCUT2D eigenvalue weighted by atomic mass is 35.5. The van der Waals surface area contributed by atoms with E-state index in [1.165, 1.54) is 12.1 Å². The Morgan fingerprint density at radius 2 is 1.95 bits per heavy atom. The van der Waals surface area contributed by atoms with Crippen molar-refractivity contribution in [1.29, 1.82) is 0 Å². The molecule has 2 aromatic rings. The number of carboxylic acids is 1. The number of thiophene rings is 1. The van der Waals surface area contributed by atoms with E-state index in [9.17, 15) is 13.2 Å². The maximum Gasteiger partial charge on any atom is 0.308 e. The molecule has 0 atom stereocenters. The summed E-state index contributed by atoms with van der Waals surface area (Å²) in [5.41, 5.74) is 0.671. The normalized spacial score (nSPS) is 11.5. The zero-order chi connectivity index (χ0) is 15.5. The first kappa shape index (κ1) is 16.0. The summed E-state index contributed by atoms with van der Waals surface area (Å²) >= 11 is 6.91. The molecule has 0 amide bonds. The largest absolute Gasteiger partial charge is 0.481 e. The van der Waals surface area contributed by atoms with Gasteiger partial charge in [0.05, 0.1) is 6.42 Å². The first-order chi connectivity index (χ1) is 9.88. The molecule has 0 radical (unpaired) electrons. The number of carbonyl (C=O) groups is 1. The molecule has 1 aromatic heterocycles. The summed E-state index contributed by atoms with van der Waals surface area (Å²) in [6.45, 7) is 0.0776. The topological polar surface area (TPSA) is 83.5 Å². The van der Waals surface area contributed by atoms with Crippen LogP contribution < -0.4 is 4.72 Å². The van der Waals surface area contributed by atoms with Gasteiger partial charge in [-0.15, -0.1) is 11.3 Å². The summed E-state index contributed by atoms with van der Waals surface area (Å²) in [5.74, 6) is -0.996. The van der Waals surface area contributed by atoms with E-state index in [0.717, 1.165) is 11.3 Å². The number of hydrogen-bond acceptors (Lipinski definition) is 4. The van der Waals surface area contributed by atoms with Crippen LogP contribution in [0.15, 0.2) is 40.6 Å². The van der Waals surface area contributed by atoms with Crippen molar-refractivity contribution < 1.29 is 18.3 Å². The van der Waals surface area contributed by atoms with E-state index in [1.54, 1.807) is 24.3 Å². The Morgan fingerprint density at radius 3 is 2.62 bits per heavy atom. The first-order valence-corrected chi connectivity index (χ1v) is 8.60. The Kier molecular flexibility index (Phi) is 5.00. The Morgan fingerprint density at radius 1 is 1.24 bits per heavy atom. The Bertz CT molecular complexity index is 755. The van der Waals surface area contributed by atoms with E-state index in [1.807, 2.05) is 0 Å².